The maximum absolute atomic E-state index is 14.4. The normalized spacial score (nSPS) is 19.6. The second-order valence-electron chi connectivity index (χ2n) is 9.69. The minimum atomic E-state index is -0.531. The summed E-state index contributed by atoms with van der Waals surface area (Å²) >= 11 is 0. The molecular weight excluding hydrogens is 505 g/mol. The number of hydrogen-bond donors (Lipinski definition) is 0. The predicted octanol–water partition coefficient (Wildman–Crippen LogP) is 1.70. The molecule has 200 valence electrons. The Morgan fingerprint density at radius 2 is 2.00 bits per heavy atom. The van der Waals surface area contributed by atoms with Gasteiger partial charge in [0.15, 0.2) is 5.82 Å². The molecule has 3 aromatic heterocycles. The van der Waals surface area contributed by atoms with Crippen molar-refractivity contribution in [3.63, 3.8) is 0 Å². The van der Waals surface area contributed by atoms with Crippen LogP contribution in [0.2, 0.25) is 0 Å². The first-order valence-electron chi connectivity index (χ1n) is 12.6. The van der Waals surface area contributed by atoms with E-state index in [1.165, 1.54) is 22.9 Å². The molecule has 3 atom stereocenters. The van der Waals surface area contributed by atoms with Gasteiger partial charge in [0.25, 0.3) is 5.56 Å². The Morgan fingerprint density at radius 1 is 1.21 bits per heavy atom. The van der Waals surface area contributed by atoms with Gasteiger partial charge >= 0.3 is 5.97 Å². The fourth-order valence-electron chi connectivity index (χ4n) is 5.46. The molecule has 2 fully saturated rings. The average Bonchev–Trinajstić information content (AvgIpc) is 3.25. The lowest BCUT2D eigenvalue weighted by Gasteiger charge is -2.26. The first-order valence-corrected chi connectivity index (χ1v) is 12.6. The van der Waals surface area contributed by atoms with E-state index in [4.69, 9.17) is 4.74 Å². The molecule has 39 heavy (non-hydrogen) atoms. The van der Waals surface area contributed by atoms with E-state index < -0.39 is 11.8 Å². The van der Waals surface area contributed by atoms with E-state index in [2.05, 4.69) is 30.4 Å². The van der Waals surface area contributed by atoms with Crippen LogP contribution in [-0.2, 0) is 11.8 Å². The van der Waals surface area contributed by atoms with Gasteiger partial charge in [-0.2, -0.15) is 4.68 Å². The lowest BCUT2D eigenvalue weighted by Crippen LogP contribution is -2.37. The first kappa shape index (κ1) is 24.6. The van der Waals surface area contributed by atoms with E-state index in [0.717, 1.165) is 6.20 Å². The average molecular weight is 532 g/mol. The molecule has 4 aromatic rings. The van der Waals surface area contributed by atoms with E-state index in [1.54, 1.807) is 36.9 Å². The Hall–Kier alpha value is -4.68. The fraction of sp³-hybridized carbons (Fsp3) is 0.346. The van der Waals surface area contributed by atoms with Crippen molar-refractivity contribution < 1.29 is 13.9 Å². The van der Waals surface area contributed by atoms with Crippen LogP contribution < -0.4 is 15.4 Å². The second kappa shape index (κ2) is 9.57. The van der Waals surface area contributed by atoms with Crippen LogP contribution in [0, 0.1) is 17.7 Å². The Kier molecular flexibility index (Phi) is 6.04. The molecule has 0 amide bonds. The number of hydrogen-bond acceptors (Lipinski definition) is 10. The first-order chi connectivity index (χ1) is 18.9. The zero-order valence-corrected chi connectivity index (χ0v) is 21.6. The minimum absolute atomic E-state index is 0.161. The van der Waals surface area contributed by atoms with Crippen LogP contribution in [0.3, 0.4) is 0 Å². The van der Waals surface area contributed by atoms with E-state index in [-0.39, 0.29) is 22.9 Å². The Labute approximate surface area is 222 Å². The van der Waals surface area contributed by atoms with E-state index in [9.17, 15) is 14.0 Å². The standard InChI is InChI=1S/C26H26FN9O3/c1-4-39-24(38)15-6-5-7-16(10-15)36-26(30-31-32-36)35-13-18-19(14-35)23(18)34(3)25-29-21(11-22(37)33(25)2)17-8-9-28-12-20(17)27/h5-12,18-19,23H,4,13-14H2,1-3H3/t18-,19+,23-. The number of pyridine rings is 1. The topological polar surface area (TPSA) is 124 Å². The van der Waals surface area contributed by atoms with Crippen LogP contribution in [0.1, 0.15) is 17.3 Å². The summed E-state index contributed by atoms with van der Waals surface area (Å²) in [5.41, 5.74) is 1.33. The van der Waals surface area contributed by atoms with Gasteiger partial charge < -0.3 is 14.5 Å². The molecule has 12 nitrogen and oxygen atoms in total. The third kappa shape index (κ3) is 4.29. The van der Waals surface area contributed by atoms with Crippen molar-refractivity contribution in [1.82, 2.24) is 34.7 Å². The molecule has 1 aliphatic carbocycles. The maximum Gasteiger partial charge on any atom is 0.338 e. The minimum Gasteiger partial charge on any atom is -0.462 e. The summed E-state index contributed by atoms with van der Waals surface area (Å²) in [6, 6.07) is 10.0. The van der Waals surface area contributed by atoms with Gasteiger partial charge in [0, 0.05) is 62.9 Å². The number of rotatable bonds is 7. The number of piperidine rings is 1. The number of nitrogens with zero attached hydrogens (tertiary/aromatic N) is 9. The molecule has 1 saturated carbocycles. The summed E-state index contributed by atoms with van der Waals surface area (Å²) in [5, 5.41) is 12.3. The largest absolute Gasteiger partial charge is 0.462 e. The molecule has 13 heteroatoms. The van der Waals surface area contributed by atoms with Gasteiger partial charge in [0.05, 0.1) is 29.7 Å². The fourth-order valence-corrected chi connectivity index (χ4v) is 5.46. The van der Waals surface area contributed by atoms with Crippen LogP contribution >= 0.6 is 0 Å². The molecule has 1 aliphatic heterocycles. The van der Waals surface area contributed by atoms with Crippen LogP contribution in [0.5, 0.6) is 0 Å². The zero-order valence-electron chi connectivity index (χ0n) is 21.6. The van der Waals surface area contributed by atoms with Crippen molar-refractivity contribution in [2.75, 3.05) is 36.5 Å². The van der Waals surface area contributed by atoms with Crippen LogP contribution in [0.15, 0.2) is 53.6 Å². The lowest BCUT2D eigenvalue weighted by molar-refractivity contribution is 0.0526. The highest BCUT2D eigenvalue weighted by Crippen LogP contribution is 2.50. The molecule has 1 saturated heterocycles. The molecule has 0 unspecified atom stereocenters. The summed E-state index contributed by atoms with van der Waals surface area (Å²) in [6.07, 6.45) is 2.58. The summed E-state index contributed by atoms with van der Waals surface area (Å²) < 4.78 is 22.6. The number of carbonyl (C=O) groups excluding carboxylic acids is 1. The monoisotopic (exact) mass is 531 g/mol. The Bertz CT molecular complexity index is 1610. The number of aromatic nitrogens is 7. The van der Waals surface area contributed by atoms with Gasteiger partial charge in [-0.1, -0.05) is 11.2 Å². The molecular formula is C26H26FN9O3. The predicted molar refractivity (Wildman–Crippen MR) is 139 cm³/mol. The number of halogens is 1. The second-order valence-corrected chi connectivity index (χ2v) is 9.69. The smallest absolute Gasteiger partial charge is 0.338 e. The van der Waals surface area contributed by atoms with Gasteiger partial charge in [-0.15, -0.1) is 0 Å². The molecule has 6 rings (SSSR count). The third-order valence-electron chi connectivity index (χ3n) is 7.41. The van der Waals surface area contributed by atoms with Crippen LogP contribution in [-0.4, -0.2) is 73.5 Å². The highest BCUT2D eigenvalue weighted by atomic mass is 19.1. The van der Waals surface area contributed by atoms with Gasteiger partial charge in [-0.05, 0) is 41.6 Å². The number of fused-ring (bicyclic) bond motifs is 1. The van der Waals surface area contributed by atoms with Gasteiger partial charge in [0.2, 0.25) is 11.9 Å². The number of tetrazole rings is 1. The number of carbonyl (C=O) groups is 1. The van der Waals surface area contributed by atoms with Crippen molar-refractivity contribution in [3.05, 3.63) is 70.5 Å². The third-order valence-corrected chi connectivity index (χ3v) is 7.41. The van der Waals surface area contributed by atoms with E-state index >= 15 is 0 Å². The number of ether oxygens (including phenoxy) is 1. The highest BCUT2D eigenvalue weighted by molar-refractivity contribution is 5.90. The summed E-state index contributed by atoms with van der Waals surface area (Å²) in [6.45, 7) is 3.48. The molecule has 0 radical (unpaired) electrons. The quantitative estimate of drug-likeness (QED) is 0.326. The highest BCUT2D eigenvalue weighted by Gasteiger charge is 2.59. The van der Waals surface area contributed by atoms with E-state index in [0.29, 0.717) is 54.7 Å². The zero-order chi connectivity index (χ0) is 27.3. The van der Waals surface area contributed by atoms with Crippen molar-refractivity contribution >= 4 is 17.9 Å². The number of benzene rings is 1. The van der Waals surface area contributed by atoms with Crippen LogP contribution in [0.4, 0.5) is 16.3 Å². The summed E-state index contributed by atoms with van der Waals surface area (Å²) in [4.78, 5) is 37.5. The molecule has 0 spiro atoms. The van der Waals surface area contributed by atoms with Crippen molar-refractivity contribution in [1.29, 1.82) is 0 Å². The van der Waals surface area contributed by atoms with Crippen molar-refractivity contribution in [2.45, 2.75) is 13.0 Å². The van der Waals surface area contributed by atoms with Gasteiger partial charge in [-0.3, -0.25) is 14.3 Å². The Morgan fingerprint density at radius 3 is 2.74 bits per heavy atom. The number of anilines is 2. The molecule has 0 bridgehead atoms. The molecule has 0 N–H and O–H groups in total. The summed E-state index contributed by atoms with van der Waals surface area (Å²) in [5.74, 6) is 0.747. The van der Waals surface area contributed by atoms with Crippen molar-refractivity contribution in [3.8, 4) is 16.9 Å². The van der Waals surface area contributed by atoms with Crippen molar-refractivity contribution in [2.24, 2.45) is 18.9 Å². The maximum atomic E-state index is 14.4. The SMILES string of the molecule is CCOC(=O)c1cccc(-n2nnnc2N2C[C@@H]3[C@H](C2)[C@@H]3N(C)c2nc(-c3ccncc3F)cc(=O)n2C)c1. The molecule has 2 aliphatic rings. The lowest BCUT2D eigenvalue weighted by atomic mass is 10.2. The van der Waals surface area contributed by atoms with Crippen LogP contribution in [0.25, 0.3) is 16.9 Å². The Balaban J connectivity index is 1.20. The van der Waals surface area contributed by atoms with E-state index in [1.807, 2.05) is 18.0 Å². The summed E-state index contributed by atoms with van der Waals surface area (Å²) in [7, 11) is 3.57. The van der Waals surface area contributed by atoms with Gasteiger partial charge in [0.1, 0.15) is 0 Å². The molecule has 1 aromatic carbocycles. The number of esters is 1. The molecule has 4 heterocycles. The van der Waals surface area contributed by atoms with Gasteiger partial charge in [-0.25, -0.2) is 14.2 Å².